The van der Waals surface area contributed by atoms with Crippen LogP contribution in [0.4, 0.5) is 0 Å². The van der Waals surface area contributed by atoms with Gasteiger partial charge in [-0.15, -0.1) is 22.7 Å². The van der Waals surface area contributed by atoms with Crippen LogP contribution in [0.2, 0.25) is 18.7 Å². The molecule has 2 amide bonds. The number of amides is 2. The van der Waals surface area contributed by atoms with Crippen molar-refractivity contribution in [3.05, 3.63) is 137 Å². The van der Waals surface area contributed by atoms with Gasteiger partial charge < -0.3 is 9.80 Å². The van der Waals surface area contributed by atoms with Gasteiger partial charge in [0.1, 0.15) is 0 Å². The van der Waals surface area contributed by atoms with Gasteiger partial charge in [0.2, 0.25) is 11.8 Å². The van der Waals surface area contributed by atoms with Crippen molar-refractivity contribution in [1.82, 2.24) is 9.80 Å². The minimum absolute atomic E-state index is 0.0510. The van der Waals surface area contributed by atoms with E-state index in [4.69, 9.17) is 46.4 Å². The molecule has 2 aliphatic rings. The molecule has 0 fully saturated rings. The Balaban J connectivity index is 0.000000168. The second-order valence-electron chi connectivity index (χ2n) is 9.85. The molecule has 6 rings (SSSR count). The lowest BCUT2D eigenvalue weighted by molar-refractivity contribution is -0.127. The highest BCUT2D eigenvalue weighted by Crippen LogP contribution is 2.43. The van der Waals surface area contributed by atoms with Crippen molar-refractivity contribution < 1.29 is 9.59 Å². The maximum atomic E-state index is 12.0. The lowest BCUT2D eigenvalue weighted by atomic mass is 9.88. The molecule has 0 spiro atoms. The number of hydrogen-bond acceptors (Lipinski definition) is 4. The molecular weight excluding hydrogens is 650 g/mol. The number of fused-ring (bicyclic) bond motifs is 2. The van der Waals surface area contributed by atoms with Crippen molar-refractivity contribution in [3.63, 3.8) is 0 Å². The third-order valence-corrected chi connectivity index (χ3v) is 10.6. The van der Waals surface area contributed by atoms with Gasteiger partial charge in [-0.1, -0.05) is 96.0 Å². The van der Waals surface area contributed by atoms with E-state index in [-0.39, 0.29) is 23.7 Å². The molecule has 2 aliphatic heterocycles. The zero-order chi connectivity index (χ0) is 30.0. The first-order valence-electron chi connectivity index (χ1n) is 13.1. The molecule has 2 atom stereocenters. The molecule has 0 saturated heterocycles. The Bertz CT molecular complexity index is 1540. The van der Waals surface area contributed by atoms with E-state index in [1.54, 1.807) is 9.80 Å². The molecule has 0 N–H and O–H groups in total. The Morgan fingerprint density at radius 1 is 0.667 bits per heavy atom. The Kier molecular flexibility index (Phi) is 9.83. The average Bonchev–Trinajstić information content (AvgIpc) is 3.56. The molecule has 2 aromatic carbocycles. The van der Waals surface area contributed by atoms with E-state index in [0.29, 0.717) is 36.2 Å². The van der Waals surface area contributed by atoms with E-state index in [0.717, 1.165) is 29.6 Å². The summed E-state index contributed by atoms with van der Waals surface area (Å²) in [5.41, 5.74) is 4.39. The molecule has 2 aromatic heterocycles. The molecule has 0 saturated carbocycles. The summed E-state index contributed by atoms with van der Waals surface area (Å²) in [5, 5.41) is 1.42. The maximum absolute atomic E-state index is 12.0. The van der Waals surface area contributed by atoms with Crippen LogP contribution in [-0.2, 0) is 22.7 Å². The van der Waals surface area contributed by atoms with Crippen molar-refractivity contribution in [1.29, 1.82) is 0 Å². The summed E-state index contributed by atoms with van der Waals surface area (Å²) < 4.78 is 1.48. The minimum atomic E-state index is -0.0674. The van der Waals surface area contributed by atoms with Crippen molar-refractivity contribution in [3.8, 4) is 0 Å². The van der Waals surface area contributed by atoms with Crippen LogP contribution in [0.25, 0.3) is 0 Å². The van der Waals surface area contributed by atoms with Crippen molar-refractivity contribution in [2.24, 2.45) is 0 Å². The SMILES string of the molecule is C=CC(=O)N1Cc2sc(Cl)cc2[C@@H](c2ccccc2Cl)C1.C=CC(=O)N1Cc2sc(Cl)cc2[C@H](c2ccccc2Cl)C1. The van der Waals surface area contributed by atoms with Gasteiger partial charge >= 0.3 is 0 Å². The number of halogens is 4. The van der Waals surface area contributed by atoms with Crippen LogP contribution in [0.1, 0.15) is 43.8 Å². The Labute approximate surface area is 273 Å². The van der Waals surface area contributed by atoms with Crippen molar-refractivity contribution in [2.45, 2.75) is 24.9 Å². The second-order valence-corrected chi connectivity index (χ2v) is 14.2. The van der Waals surface area contributed by atoms with Crippen LogP contribution in [-0.4, -0.2) is 34.7 Å². The summed E-state index contributed by atoms with van der Waals surface area (Å²) in [6.07, 6.45) is 2.70. The van der Waals surface area contributed by atoms with Crippen LogP contribution in [0.5, 0.6) is 0 Å². The summed E-state index contributed by atoms with van der Waals surface area (Å²) >= 11 is 28.1. The maximum Gasteiger partial charge on any atom is 0.246 e. The largest absolute Gasteiger partial charge is 0.333 e. The summed E-state index contributed by atoms with van der Waals surface area (Å²) in [6.45, 7) is 9.49. The third kappa shape index (κ3) is 6.49. The van der Waals surface area contributed by atoms with E-state index >= 15 is 0 Å². The zero-order valence-corrected chi connectivity index (χ0v) is 27.0. The van der Waals surface area contributed by atoms with Crippen molar-refractivity contribution >= 4 is 80.9 Å². The standard InChI is InChI=1S/2C16H13Cl2NOS/c2*1-2-16(20)19-8-12(10-5-3-4-6-13(10)17)11-7-15(18)21-14(11)9-19/h2*2-7,12H,1,8-9H2/t2*12-/m10/s1. The summed E-state index contributed by atoms with van der Waals surface area (Å²) in [5.74, 6) is -0.0327. The molecule has 4 heterocycles. The van der Waals surface area contributed by atoms with Gasteiger partial charge in [0, 0.05) is 44.7 Å². The van der Waals surface area contributed by atoms with Crippen molar-refractivity contribution in [2.75, 3.05) is 13.1 Å². The normalized spacial score (nSPS) is 17.4. The second kappa shape index (κ2) is 13.4. The van der Waals surface area contributed by atoms with E-state index in [2.05, 4.69) is 13.2 Å². The molecule has 0 unspecified atom stereocenters. The first-order valence-corrected chi connectivity index (χ1v) is 16.2. The summed E-state index contributed by atoms with van der Waals surface area (Å²) in [7, 11) is 0. The Morgan fingerprint density at radius 3 is 1.40 bits per heavy atom. The Hall–Kier alpha value is -2.58. The van der Waals surface area contributed by atoms with Gasteiger partial charge in [-0.3, -0.25) is 9.59 Å². The number of hydrogen-bond donors (Lipinski definition) is 0. The molecular formula is C32H26Cl4N2O2S2. The molecule has 4 aromatic rings. The quantitative estimate of drug-likeness (QED) is 0.202. The molecule has 42 heavy (non-hydrogen) atoms. The lowest BCUT2D eigenvalue weighted by Crippen LogP contribution is -2.37. The number of carbonyl (C=O) groups excluding carboxylic acids is 2. The van der Waals surface area contributed by atoms with E-state index in [9.17, 15) is 9.59 Å². The number of benzene rings is 2. The molecule has 0 aliphatic carbocycles. The lowest BCUT2D eigenvalue weighted by Gasteiger charge is -2.32. The smallest absolute Gasteiger partial charge is 0.246 e. The minimum Gasteiger partial charge on any atom is -0.333 e. The predicted molar refractivity (Wildman–Crippen MR) is 176 cm³/mol. The van der Waals surface area contributed by atoms with E-state index in [1.807, 2.05) is 60.7 Å². The van der Waals surface area contributed by atoms with Gasteiger partial charge in [0.05, 0.1) is 21.8 Å². The number of rotatable bonds is 4. The number of carbonyl (C=O) groups is 2. The monoisotopic (exact) mass is 674 g/mol. The summed E-state index contributed by atoms with van der Waals surface area (Å²) in [4.78, 5) is 29.8. The van der Waals surface area contributed by atoms with Crippen LogP contribution in [0, 0.1) is 0 Å². The van der Waals surface area contributed by atoms with Gasteiger partial charge in [0.15, 0.2) is 0 Å². The van der Waals surface area contributed by atoms with Gasteiger partial charge in [-0.2, -0.15) is 0 Å². The van der Waals surface area contributed by atoms with Crippen LogP contribution < -0.4 is 0 Å². The fourth-order valence-electron chi connectivity index (χ4n) is 5.41. The highest BCUT2D eigenvalue weighted by Gasteiger charge is 2.32. The highest BCUT2D eigenvalue weighted by atomic mass is 35.5. The van der Waals surface area contributed by atoms with Gasteiger partial charge in [0.25, 0.3) is 0 Å². The third-order valence-electron chi connectivity index (χ3n) is 7.38. The van der Waals surface area contributed by atoms with E-state index < -0.39 is 0 Å². The fraction of sp³-hybridized carbons (Fsp3) is 0.188. The molecule has 216 valence electrons. The van der Waals surface area contributed by atoms with Gasteiger partial charge in [-0.05, 0) is 58.7 Å². The first-order chi connectivity index (χ1) is 20.2. The predicted octanol–water partition coefficient (Wildman–Crippen LogP) is 9.43. The molecule has 0 radical (unpaired) electrons. The molecule has 4 nitrogen and oxygen atoms in total. The topological polar surface area (TPSA) is 40.6 Å². The Morgan fingerprint density at radius 2 is 1.05 bits per heavy atom. The summed E-state index contributed by atoms with van der Waals surface area (Å²) in [6, 6.07) is 19.5. The van der Waals surface area contributed by atoms with Gasteiger partial charge in [-0.25, -0.2) is 0 Å². The van der Waals surface area contributed by atoms with Crippen LogP contribution in [0.3, 0.4) is 0 Å². The zero-order valence-electron chi connectivity index (χ0n) is 22.4. The van der Waals surface area contributed by atoms with Crippen LogP contribution >= 0.6 is 69.1 Å². The molecule has 0 bridgehead atoms. The first kappa shape index (κ1) is 30.9. The van der Waals surface area contributed by atoms with E-state index in [1.165, 1.54) is 46.0 Å². The van der Waals surface area contributed by atoms with Crippen LogP contribution in [0.15, 0.2) is 86.0 Å². The fourth-order valence-corrected chi connectivity index (χ4v) is 8.66. The number of thiophene rings is 2. The molecule has 10 heteroatoms. The number of nitrogens with zero attached hydrogens (tertiary/aromatic N) is 2. The highest BCUT2D eigenvalue weighted by molar-refractivity contribution is 7.16. The average molecular weight is 677 g/mol.